The van der Waals surface area contributed by atoms with E-state index < -0.39 is 18.6 Å². The largest absolute Gasteiger partial charge is 0.486 e. The quantitative estimate of drug-likeness (QED) is 0.530. The predicted octanol–water partition coefficient (Wildman–Crippen LogP) is 2.57. The molecule has 1 amide bonds. The zero-order valence-corrected chi connectivity index (χ0v) is 17.1. The van der Waals surface area contributed by atoms with Gasteiger partial charge in [-0.2, -0.15) is 0 Å². The second-order valence-corrected chi connectivity index (χ2v) is 7.34. The minimum atomic E-state index is -0.839. The van der Waals surface area contributed by atoms with Crippen LogP contribution in [-0.4, -0.2) is 43.5 Å². The summed E-state index contributed by atoms with van der Waals surface area (Å²) in [5, 5.41) is 2.71. The van der Waals surface area contributed by atoms with E-state index in [4.69, 9.17) is 14.2 Å². The number of fused-ring (bicyclic) bond motifs is 1. The summed E-state index contributed by atoms with van der Waals surface area (Å²) in [6, 6.07) is 13.2. The van der Waals surface area contributed by atoms with Crippen molar-refractivity contribution in [3.8, 4) is 11.5 Å². The maximum absolute atomic E-state index is 12.5. The average Bonchev–Trinajstić information content (AvgIpc) is 2.75. The molecule has 2 aromatic carbocycles. The molecule has 1 aliphatic rings. The van der Waals surface area contributed by atoms with Crippen LogP contribution in [0, 0.1) is 5.92 Å². The second kappa shape index (κ2) is 9.91. The van der Waals surface area contributed by atoms with Crippen molar-refractivity contribution < 1.29 is 28.6 Å². The lowest BCUT2D eigenvalue weighted by molar-refractivity contribution is -0.148. The van der Waals surface area contributed by atoms with Crippen molar-refractivity contribution in [2.24, 2.45) is 5.92 Å². The van der Waals surface area contributed by atoms with Gasteiger partial charge in [-0.1, -0.05) is 44.2 Å². The first-order valence-electron chi connectivity index (χ1n) is 9.87. The van der Waals surface area contributed by atoms with Crippen LogP contribution in [0.2, 0.25) is 0 Å². The third-order valence-corrected chi connectivity index (χ3v) is 4.65. The fourth-order valence-electron chi connectivity index (χ4n) is 3.03. The smallest absolute Gasteiger partial charge is 0.329 e. The summed E-state index contributed by atoms with van der Waals surface area (Å²) in [5.41, 5.74) is 1.21. The van der Waals surface area contributed by atoms with Gasteiger partial charge in [-0.15, -0.1) is 0 Å². The van der Waals surface area contributed by atoms with Gasteiger partial charge in [-0.05, 0) is 29.7 Å². The number of carbonyl (C=O) groups is 3. The lowest BCUT2D eigenvalue weighted by atomic mass is 10.0. The van der Waals surface area contributed by atoms with Crippen LogP contribution in [0.25, 0.3) is 0 Å². The molecule has 0 unspecified atom stereocenters. The second-order valence-electron chi connectivity index (χ2n) is 7.34. The zero-order valence-electron chi connectivity index (χ0n) is 17.1. The molecular weight excluding hydrogens is 386 g/mol. The average molecular weight is 411 g/mol. The molecule has 1 aliphatic heterocycles. The molecule has 0 fully saturated rings. The van der Waals surface area contributed by atoms with E-state index in [1.165, 1.54) is 0 Å². The maximum Gasteiger partial charge on any atom is 0.329 e. The van der Waals surface area contributed by atoms with E-state index in [9.17, 15) is 14.4 Å². The Labute approximate surface area is 175 Å². The molecule has 0 aliphatic carbocycles. The number of carbonyl (C=O) groups excluding carboxylic acids is 3. The minimum absolute atomic E-state index is 0.160. The fraction of sp³-hybridized carbons (Fsp3) is 0.348. The molecule has 2 aromatic rings. The van der Waals surface area contributed by atoms with Crippen LogP contribution in [0.5, 0.6) is 11.5 Å². The number of Topliss-reactive ketones (excluding diaryl/α,β-unsaturated/α-hetero) is 1. The Kier molecular flexibility index (Phi) is 7.06. The van der Waals surface area contributed by atoms with Gasteiger partial charge >= 0.3 is 5.97 Å². The van der Waals surface area contributed by atoms with Crippen molar-refractivity contribution in [3.63, 3.8) is 0 Å². The van der Waals surface area contributed by atoms with E-state index in [1.54, 1.807) is 32.0 Å². The van der Waals surface area contributed by atoms with Crippen molar-refractivity contribution in [3.05, 3.63) is 59.7 Å². The number of esters is 1. The Balaban J connectivity index is 1.55. The van der Waals surface area contributed by atoms with Crippen LogP contribution in [0.15, 0.2) is 48.5 Å². The molecule has 0 aromatic heterocycles. The van der Waals surface area contributed by atoms with Crippen molar-refractivity contribution in [1.82, 2.24) is 5.32 Å². The lowest BCUT2D eigenvalue weighted by Gasteiger charge is -2.21. The molecule has 7 heteroatoms. The van der Waals surface area contributed by atoms with E-state index in [2.05, 4.69) is 5.32 Å². The zero-order chi connectivity index (χ0) is 21.5. The van der Waals surface area contributed by atoms with Gasteiger partial charge in [0.25, 0.3) is 0 Å². The van der Waals surface area contributed by atoms with Crippen molar-refractivity contribution in [2.75, 3.05) is 19.8 Å². The van der Waals surface area contributed by atoms with Crippen LogP contribution >= 0.6 is 0 Å². The first kappa shape index (κ1) is 21.4. The van der Waals surface area contributed by atoms with Crippen LogP contribution < -0.4 is 14.8 Å². The first-order valence-corrected chi connectivity index (χ1v) is 9.87. The number of hydrogen-bond donors (Lipinski definition) is 1. The molecule has 1 N–H and O–H groups in total. The number of nitrogens with one attached hydrogen (secondary N) is 1. The van der Waals surface area contributed by atoms with E-state index >= 15 is 0 Å². The van der Waals surface area contributed by atoms with E-state index in [0.717, 1.165) is 5.56 Å². The molecule has 1 atom stereocenters. The van der Waals surface area contributed by atoms with Gasteiger partial charge in [0.05, 0.1) is 6.42 Å². The van der Waals surface area contributed by atoms with Crippen molar-refractivity contribution in [2.45, 2.75) is 26.3 Å². The fourth-order valence-corrected chi connectivity index (χ4v) is 3.03. The highest BCUT2D eigenvalue weighted by atomic mass is 16.6. The summed E-state index contributed by atoms with van der Waals surface area (Å²) in [7, 11) is 0. The Hall–Kier alpha value is -3.35. The molecule has 7 nitrogen and oxygen atoms in total. The molecule has 158 valence electrons. The standard InChI is InChI=1S/C23H25NO6/c1-15(2)22(24-21(26)12-16-6-4-3-5-7-16)23(27)30-14-18(25)17-8-9-19-20(13-17)29-11-10-28-19/h3-9,13,15,22H,10-12,14H2,1-2H3,(H,24,26)/t22-/m0/s1. The summed E-state index contributed by atoms with van der Waals surface area (Å²) in [6.45, 7) is 4.06. The Morgan fingerprint density at radius 2 is 1.70 bits per heavy atom. The number of hydrogen-bond acceptors (Lipinski definition) is 6. The Morgan fingerprint density at radius 1 is 1.00 bits per heavy atom. The number of benzene rings is 2. The molecule has 1 heterocycles. The van der Waals surface area contributed by atoms with Gasteiger partial charge in [0, 0.05) is 5.56 Å². The number of rotatable bonds is 8. The van der Waals surface area contributed by atoms with Gasteiger partial charge in [-0.25, -0.2) is 4.79 Å². The highest BCUT2D eigenvalue weighted by Gasteiger charge is 2.26. The Morgan fingerprint density at radius 3 is 2.40 bits per heavy atom. The van der Waals surface area contributed by atoms with E-state index in [-0.39, 0.29) is 24.0 Å². The maximum atomic E-state index is 12.5. The highest BCUT2D eigenvalue weighted by molar-refractivity contribution is 5.99. The molecule has 0 radical (unpaired) electrons. The summed E-state index contributed by atoms with van der Waals surface area (Å²) in [5.74, 6) is -0.408. The van der Waals surface area contributed by atoms with E-state index in [1.807, 2.05) is 30.3 Å². The third kappa shape index (κ3) is 5.59. The monoisotopic (exact) mass is 411 g/mol. The first-order chi connectivity index (χ1) is 14.4. The van der Waals surface area contributed by atoms with Crippen molar-refractivity contribution in [1.29, 1.82) is 0 Å². The highest BCUT2D eigenvalue weighted by Crippen LogP contribution is 2.30. The Bertz CT molecular complexity index is 909. The summed E-state index contributed by atoms with van der Waals surface area (Å²) in [4.78, 5) is 37.3. The number of ether oxygens (including phenoxy) is 3. The normalized spacial score (nSPS) is 13.4. The lowest BCUT2D eigenvalue weighted by Crippen LogP contribution is -2.46. The molecule has 30 heavy (non-hydrogen) atoms. The molecular formula is C23H25NO6. The number of ketones is 1. The van der Waals surface area contributed by atoms with Gasteiger partial charge in [0.1, 0.15) is 19.3 Å². The predicted molar refractivity (Wildman–Crippen MR) is 110 cm³/mol. The third-order valence-electron chi connectivity index (χ3n) is 4.65. The van der Waals surface area contributed by atoms with Crippen LogP contribution in [-0.2, 0) is 20.7 Å². The molecule has 0 saturated carbocycles. The van der Waals surface area contributed by atoms with Gasteiger partial charge in [0.15, 0.2) is 23.9 Å². The topological polar surface area (TPSA) is 90.9 Å². The molecule has 0 bridgehead atoms. The molecule has 0 saturated heterocycles. The summed E-state index contributed by atoms with van der Waals surface area (Å²) < 4.78 is 16.1. The molecule has 3 rings (SSSR count). The van der Waals surface area contributed by atoms with Crippen LogP contribution in [0.4, 0.5) is 0 Å². The minimum Gasteiger partial charge on any atom is -0.486 e. The van der Waals surface area contributed by atoms with Gasteiger partial charge in [-0.3, -0.25) is 9.59 Å². The summed E-state index contributed by atoms with van der Waals surface area (Å²) in [6.07, 6.45) is 0.160. The number of amides is 1. The van der Waals surface area contributed by atoms with Crippen LogP contribution in [0.3, 0.4) is 0 Å². The molecule has 0 spiro atoms. The SMILES string of the molecule is CC(C)[C@H](NC(=O)Cc1ccccc1)C(=O)OCC(=O)c1ccc2c(c1)OCCO2. The van der Waals surface area contributed by atoms with Gasteiger partial charge in [0.2, 0.25) is 5.91 Å². The summed E-state index contributed by atoms with van der Waals surface area (Å²) >= 11 is 0. The van der Waals surface area contributed by atoms with Crippen LogP contribution in [0.1, 0.15) is 29.8 Å². The van der Waals surface area contributed by atoms with Gasteiger partial charge < -0.3 is 19.5 Å². The van der Waals surface area contributed by atoms with Crippen molar-refractivity contribution >= 4 is 17.7 Å². The van der Waals surface area contributed by atoms with E-state index in [0.29, 0.717) is 30.3 Å².